The van der Waals surface area contributed by atoms with Crippen molar-refractivity contribution in [2.75, 3.05) is 0 Å². The van der Waals surface area contributed by atoms with Gasteiger partial charge < -0.3 is 4.42 Å². The van der Waals surface area contributed by atoms with E-state index in [1.54, 1.807) is 0 Å². The fraction of sp³-hybridized carbons (Fsp3) is 0. The highest BCUT2D eigenvalue weighted by Crippen LogP contribution is 2.42. The SMILES string of the molecule is [2H]c1c([2H])c(-c2ccc(-c3ccccc3)cc2)c2c(sc3c([2H])c(-c4nc(-c5ccc(-c6ccccc6)cc5)nc(-c5ccc6oc7ccccc7c6c5)n4)c([2H])c([2H])c32)c1[2H]. The molecule has 4 nitrogen and oxygen atoms in total. The molecule has 0 N–H and O–H groups in total. The van der Waals surface area contributed by atoms with Crippen LogP contribution >= 0.6 is 11.3 Å². The first kappa shape index (κ1) is 26.5. The van der Waals surface area contributed by atoms with E-state index >= 15 is 0 Å². The van der Waals surface area contributed by atoms with Crippen molar-refractivity contribution in [1.82, 2.24) is 15.0 Å². The number of hydrogen-bond donors (Lipinski definition) is 0. The summed E-state index contributed by atoms with van der Waals surface area (Å²) in [6, 6.07) is 48.0. The van der Waals surface area contributed by atoms with Gasteiger partial charge in [-0.15, -0.1) is 11.3 Å². The molecule has 0 saturated heterocycles. The second kappa shape index (κ2) is 13.3. The summed E-state index contributed by atoms with van der Waals surface area (Å²) in [5.41, 5.74) is 8.00. The highest BCUT2D eigenvalue weighted by Gasteiger charge is 2.17. The van der Waals surface area contributed by atoms with E-state index in [-0.39, 0.29) is 53.0 Å². The predicted molar refractivity (Wildman–Crippen MR) is 233 cm³/mol. The summed E-state index contributed by atoms with van der Waals surface area (Å²) in [6.07, 6.45) is 0. The topological polar surface area (TPSA) is 51.8 Å². The molecule has 0 fully saturated rings. The number of hydrogen-bond acceptors (Lipinski definition) is 5. The van der Waals surface area contributed by atoms with Gasteiger partial charge in [0, 0.05) is 47.6 Å². The number of para-hydroxylation sites is 1. The third kappa shape index (κ3) is 5.65. The molecule has 0 saturated carbocycles. The molecule has 3 heterocycles. The van der Waals surface area contributed by atoms with Crippen LogP contribution in [0.5, 0.6) is 0 Å². The van der Waals surface area contributed by atoms with Gasteiger partial charge in [-0.25, -0.2) is 15.0 Å². The smallest absolute Gasteiger partial charge is 0.164 e. The molecule has 56 heavy (non-hydrogen) atoms. The van der Waals surface area contributed by atoms with Gasteiger partial charge in [-0.1, -0.05) is 152 Å². The minimum absolute atomic E-state index is 0.0483. The van der Waals surface area contributed by atoms with Gasteiger partial charge in [0.05, 0.1) is 8.22 Å². The number of benzene rings is 8. The van der Waals surface area contributed by atoms with Gasteiger partial charge in [0.1, 0.15) is 11.2 Å². The Kier molecular flexibility index (Phi) is 6.29. The van der Waals surface area contributed by atoms with Crippen molar-refractivity contribution in [2.45, 2.75) is 0 Å². The summed E-state index contributed by atoms with van der Waals surface area (Å²) >= 11 is 1.12. The Bertz CT molecular complexity index is 3570. The molecule has 262 valence electrons. The molecule has 0 atom stereocenters. The van der Waals surface area contributed by atoms with Crippen LogP contribution in [0.1, 0.15) is 8.22 Å². The largest absolute Gasteiger partial charge is 0.456 e. The summed E-state index contributed by atoms with van der Waals surface area (Å²) in [7, 11) is 0. The van der Waals surface area contributed by atoms with Gasteiger partial charge in [0.25, 0.3) is 0 Å². The Hall–Kier alpha value is -7.21. The molecule has 11 rings (SSSR count). The molecule has 0 radical (unpaired) electrons. The van der Waals surface area contributed by atoms with Crippen molar-refractivity contribution in [1.29, 1.82) is 0 Å². The molecule has 0 unspecified atom stereocenters. The van der Waals surface area contributed by atoms with Crippen molar-refractivity contribution in [3.8, 4) is 67.5 Å². The van der Waals surface area contributed by atoms with Gasteiger partial charge in [0.2, 0.25) is 0 Å². The quantitative estimate of drug-likeness (QED) is 0.170. The molecule has 8 aromatic carbocycles. The Labute approximate surface area is 335 Å². The van der Waals surface area contributed by atoms with E-state index in [4.69, 9.17) is 23.5 Å². The van der Waals surface area contributed by atoms with Crippen LogP contribution < -0.4 is 0 Å². The maximum Gasteiger partial charge on any atom is 0.164 e. The first-order chi connectivity index (χ1) is 30.2. The van der Waals surface area contributed by atoms with Gasteiger partial charge >= 0.3 is 0 Å². The lowest BCUT2D eigenvalue weighted by molar-refractivity contribution is 0.669. The maximum atomic E-state index is 9.71. The summed E-state index contributed by atoms with van der Waals surface area (Å²) < 4.78 is 62.5. The van der Waals surface area contributed by atoms with Gasteiger partial charge in [-0.05, 0) is 69.7 Å². The first-order valence-electron chi connectivity index (χ1n) is 21.2. The lowest BCUT2D eigenvalue weighted by atomic mass is 9.97. The van der Waals surface area contributed by atoms with Crippen LogP contribution in [0.3, 0.4) is 0 Å². The fourth-order valence-corrected chi connectivity index (χ4v) is 8.31. The summed E-state index contributed by atoms with van der Waals surface area (Å²) in [6.45, 7) is 0. The lowest BCUT2D eigenvalue weighted by Crippen LogP contribution is -2.00. The van der Waals surface area contributed by atoms with Crippen LogP contribution in [-0.4, -0.2) is 15.0 Å². The van der Waals surface area contributed by atoms with Crippen LogP contribution in [0.4, 0.5) is 0 Å². The van der Waals surface area contributed by atoms with Gasteiger partial charge in [-0.2, -0.15) is 0 Å². The summed E-state index contributed by atoms with van der Waals surface area (Å²) in [4.78, 5) is 14.8. The van der Waals surface area contributed by atoms with Crippen molar-refractivity contribution < 1.29 is 12.6 Å². The monoisotopic (exact) mass is 739 g/mol. The van der Waals surface area contributed by atoms with Crippen molar-refractivity contribution >= 4 is 53.4 Å². The highest BCUT2D eigenvalue weighted by molar-refractivity contribution is 7.26. The minimum atomic E-state index is -0.264. The highest BCUT2D eigenvalue weighted by atomic mass is 32.1. The lowest BCUT2D eigenvalue weighted by Gasteiger charge is -2.10. The van der Waals surface area contributed by atoms with Gasteiger partial charge in [-0.3, -0.25) is 0 Å². The summed E-state index contributed by atoms with van der Waals surface area (Å²) in [5, 5.41) is 2.53. The molecule has 0 spiro atoms. The van der Waals surface area contributed by atoms with Crippen LogP contribution in [0.25, 0.3) is 110 Å². The number of thiophene rings is 1. The molecular weight excluding hydrogens is 703 g/mol. The maximum absolute atomic E-state index is 9.71. The van der Waals surface area contributed by atoms with E-state index in [1.807, 2.05) is 152 Å². The normalized spacial score (nSPS) is 13.1. The molecule has 0 bridgehead atoms. The standard InChI is InChI=1S/C51H31N3OS/c1-3-10-32(11-4-1)34-18-22-36(23-19-34)40-15-9-17-46-48(40)42-28-26-39(31-47(42)56-46)51-53-49(37-24-20-35(21-25-37)33-12-5-2-6-13-33)52-50(54-51)38-27-29-45-43(30-38)41-14-7-8-16-44(41)55-45/h1-31H/i9D,15D,17D,26D,28D,31D. The zero-order valence-electron chi connectivity index (χ0n) is 35.6. The first-order valence-corrected chi connectivity index (χ1v) is 19.0. The van der Waals surface area contributed by atoms with Crippen LogP contribution in [0.2, 0.25) is 0 Å². The Morgan fingerprint density at radius 2 is 0.964 bits per heavy atom. The number of rotatable bonds is 6. The van der Waals surface area contributed by atoms with E-state index < -0.39 is 0 Å². The third-order valence-corrected chi connectivity index (χ3v) is 11.1. The zero-order chi connectivity index (χ0) is 42.2. The second-order valence-electron chi connectivity index (χ2n) is 13.5. The summed E-state index contributed by atoms with van der Waals surface area (Å²) in [5.74, 6) is 0.705. The third-order valence-electron chi connectivity index (χ3n) is 10.1. The Balaban J connectivity index is 1.12. The zero-order valence-corrected chi connectivity index (χ0v) is 30.4. The Morgan fingerprint density at radius 1 is 0.411 bits per heavy atom. The molecule has 0 aliphatic rings. The molecule has 11 aromatic rings. The molecule has 3 aromatic heterocycles. The molecule has 0 aliphatic heterocycles. The molecule has 0 aliphatic carbocycles. The number of fused-ring (bicyclic) bond motifs is 6. The Morgan fingerprint density at radius 3 is 1.68 bits per heavy atom. The van der Waals surface area contributed by atoms with Gasteiger partial charge in [0.15, 0.2) is 17.5 Å². The average Bonchev–Trinajstić information content (AvgIpc) is 3.90. The van der Waals surface area contributed by atoms with Crippen LogP contribution in [-0.2, 0) is 0 Å². The molecule has 5 heteroatoms. The molecular formula is C51H31N3OS. The van der Waals surface area contributed by atoms with Crippen molar-refractivity contribution in [2.24, 2.45) is 0 Å². The van der Waals surface area contributed by atoms with E-state index in [0.717, 1.165) is 49.9 Å². The van der Waals surface area contributed by atoms with E-state index in [0.29, 0.717) is 54.3 Å². The average molecular weight is 740 g/mol. The second-order valence-corrected chi connectivity index (χ2v) is 14.5. The van der Waals surface area contributed by atoms with Crippen molar-refractivity contribution in [3.05, 3.63) is 188 Å². The van der Waals surface area contributed by atoms with Crippen LogP contribution in [0.15, 0.2) is 192 Å². The number of furan rings is 1. The van der Waals surface area contributed by atoms with Crippen LogP contribution in [0, 0.1) is 0 Å². The van der Waals surface area contributed by atoms with E-state index in [9.17, 15) is 4.11 Å². The predicted octanol–water partition coefficient (Wildman–Crippen LogP) is 14.1. The van der Waals surface area contributed by atoms with Crippen molar-refractivity contribution in [3.63, 3.8) is 0 Å². The molecule has 0 amide bonds. The minimum Gasteiger partial charge on any atom is -0.456 e. The number of nitrogens with zero attached hydrogens (tertiary/aromatic N) is 3. The van der Waals surface area contributed by atoms with E-state index in [1.165, 1.54) is 0 Å². The number of aromatic nitrogens is 3. The fourth-order valence-electron chi connectivity index (χ4n) is 7.29. The van der Waals surface area contributed by atoms with E-state index in [2.05, 4.69) is 0 Å².